The van der Waals surface area contributed by atoms with Crippen molar-refractivity contribution in [2.45, 2.75) is 19.5 Å². The molecule has 0 aromatic heterocycles. The van der Waals surface area contributed by atoms with Crippen LogP contribution in [0.3, 0.4) is 0 Å². The second-order valence-electron chi connectivity index (χ2n) is 4.47. The Hall–Kier alpha value is -2.05. The van der Waals surface area contributed by atoms with Crippen molar-refractivity contribution >= 4 is 11.9 Å². The van der Waals surface area contributed by atoms with Crippen LogP contribution in [0.5, 0.6) is 0 Å². The molecule has 4 nitrogen and oxygen atoms in total. The fourth-order valence-corrected chi connectivity index (χ4v) is 1.93. The zero-order valence-corrected chi connectivity index (χ0v) is 10.4. The van der Waals surface area contributed by atoms with Gasteiger partial charge in [0.25, 0.3) is 0 Å². The zero-order valence-electron chi connectivity index (χ0n) is 10.4. The lowest BCUT2D eigenvalue weighted by atomic mass is 9.71. The van der Waals surface area contributed by atoms with Crippen molar-refractivity contribution in [1.82, 2.24) is 0 Å². The molecule has 0 aliphatic heterocycles. The summed E-state index contributed by atoms with van der Waals surface area (Å²) in [6, 6.07) is 7.16. The first-order valence-corrected chi connectivity index (χ1v) is 5.66. The van der Waals surface area contributed by atoms with Gasteiger partial charge in [0, 0.05) is 0 Å². The highest BCUT2D eigenvalue weighted by Gasteiger charge is 2.52. The number of carbonyl (C=O) groups excluding carboxylic acids is 2. The minimum absolute atomic E-state index is 0.136. The molecule has 0 aliphatic carbocycles. The first-order chi connectivity index (χ1) is 9.12. The Morgan fingerprint density at radius 3 is 1.90 bits per heavy atom. The van der Waals surface area contributed by atoms with Crippen LogP contribution < -0.4 is 10.2 Å². The maximum atomic E-state index is 12.8. The van der Waals surface area contributed by atoms with E-state index in [-0.39, 0.29) is 5.56 Å². The SMILES string of the molecule is CC(C(F)(F)F)C(Cc1ccccc1)(C(=O)[O-])C(=O)[O-]. The summed E-state index contributed by atoms with van der Waals surface area (Å²) in [5.74, 6) is -7.28. The van der Waals surface area contributed by atoms with Crippen LogP contribution in [0.1, 0.15) is 12.5 Å². The summed E-state index contributed by atoms with van der Waals surface area (Å²) in [7, 11) is 0. The molecule has 0 bridgehead atoms. The normalized spacial score (nSPS) is 13.8. The van der Waals surface area contributed by atoms with Crippen LogP contribution in [0.25, 0.3) is 0 Å². The molecule has 0 radical (unpaired) electrons. The molecule has 0 N–H and O–H groups in total. The lowest BCUT2D eigenvalue weighted by Crippen LogP contribution is -2.61. The summed E-state index contributed by atoms with van der Waals surface area (Å²) in [6.45, 7) is 0.495. The monoisotopic (exact) mass is 288 g/mol. The number of halogens is 3. The third kappa shape index (κ3) is 2.92. The number of carboxylic acid groups (broad SMARTS) is 2. The van der Waals surface area contributed by atoms with E-state index in [1.54, 1.807) is 6.07 Å². The van der Waals surface area contributed by atoms with Gasteiger partial charge >= 0.3 is 6.18 Å². The Labute approximate surface area is 112 Å². The molecule has 0 amide bonds. The average Bonchev–Trinajstić information content (AvgIpc) is 2.34. The van der Waals surface area contributed by atoms with Gasteiger partial charge in [0.1, 0.15) is 0 Å². The number of carbonyl (C=O) groups is 2. The minimum Gasteiger partial charge on any atom is -0.549 e. The largest absolute Gasteiger partial charge is 0.549 e. The molecule has 0 spiro atoms. The molecule has 1 aromatic carbocycles. The fourth-order valence-electron chi connectivity index (χ4n) is 1.93. The molecule has 1 rings (SSSR count). The van der Waals surface area contributed by atoms with Gasteiger partial charge in [-0.2, -0.15) is 13.2 Å². The van der Waals surface area contributed by atoms with E-state index in [2.05, 4.69) is 0 Å². The molecule has 0 aliphatic rings. The summed E-state index contributed by atoms with van der Waals surface area (Å²) in [4.78, 5) is 22.2. The van der Waals surface area contributed by atoms with E-state index in [9.17, 15) is 33.0 Å². The van der Waals surface area contributed by atoms with E-state index in [1.165, 1.54) is 24.3 Å². The van der Waals surface area contributed by atoms with E-state index in [0.29, 0.717) is 6.92 Å². The van der Waals surface area contributed by atoms with Gasteiger partial charge in [0.05, 0.1) is 23.3 Å². The topological polar surface area (TPSA) is 80.3 Å². The predicted molar refractivity (Wildman–Crippen MR) is 57.8 cm³/mol. The van der Waals surface area contributed by atoms with Gasteiger partial charge in [-0.1, -0.05) is 37.3 Å². The minimum atomic E-state index is -5.01. The molecule has 110 valence electrons. The zero-order chi connectivity index (χ0) is 15.6. The first kappa shape index (κ1) is 16.0. The summed E-state index contributed by atoms with van der Waals surface area (Å²) < 4.78 is 38.4. The van der Waals surface area contributed by atoms with Gasteiger partial charge in [0.2, 0.25) is 0 Å². The molecule has 7 heteroatoms. The van der Waals surface area contributed by atoms with Gasteiger partial charge in [-0.05, 0) is 12.0 Å². The van der Waals surface area contributed by atoms with E-state index in [0.717, 1.165) is 0 Å². The number of aliphatic carboxylic acids is 2. The van der Waals surface area contributed by atoms with E-state index in [4.69, 9.17) is 0 Å². The molecule has 20 heavy (non-hydrogen) atoms. The van der Waals surface area contributed by atoms with Crippen molar-refractivity contribution in [2.75, 3.05) is 0 Å². The summed E-state index contributed by atoms with van der Waals surface area (Å²) in [6.07, 6.45) is -5.87. The highest BCUT2D eigenvalue weighted by Crippen LogP contribution is 2.41. The lowest BCUT2D eigenvalue weighted by Gasteiger charge is -2.41. The molecule has 0 saturated heterocycles. The van der Waals surface area contributed by atoms with Gasteiger partial charge in [-0.25, -0.2) is 0 Å². The number of carboxylic acids is 2. The number of hydrogen-bond acceptors (Lipinski definition) is 4. The van der Waals surface area contributed by atoms with Crippen LogP contribution in [-0.4, -0.2) is 18.1 Å². The summed E-state index contributed by atoms with van der Waals surface area (Å²) in [5.41, 5.74) is -3.03. The summed E-state index contributed by atoms with van der Waals surface area (Å²) >= 11 is 0. The van der Waals surface area contributed by atoms with Gasteiger partial charge in [0.15, 0.2) is 0 Å². The lowest BCUT2D eigenvalue weighted by molar-refractivity contribution is -0.355. The Morgan fingerprint density at radius 2 is 1.55 bits per heavy atom. The average molecular weight is 288 g/mol. The van der Waals surface area contributed by atoms with Gasteiger partial charge in [-0.15, -0.1) is 0 Å². The van der Waals surface area contributed by atoms with E-state index < -0.39 is 35.9 Å². The van der Waals surface area contributed by atoms with Crippen LogP contribution in [0.4, 0.5) is 13.2 Å². The Bertz CT molecular complexity index is 482. The molecular weight excluding hydrogens is 277 g/mol. The quantitative estimate of drug-likeness (QED) is 0.709. The van der Waals surface area contributed by atoms with Crippen molar-refractivity contribution < 1.29 is 33.0 Å². The third-order valence-electron chi connectivity index (χ3n) is 3.28. The van der Waals surface area contributed by atoms with Crippen LogP contribution in [0.15, 0.2) is 30.3 Å². The first-order valence-electron chi connectivity index (χ1n) is 5.66. The molecule has 0 saturated carbocycles. The Morgan fingerprint density at radius 1 is 1.10 bits per heavy atom. The third-order valence-corrected chi connectivity index (χ3v) is 3.28. The molecular formula is C13H11F3O4-2. The van der Waals surface area contributed by atoms with Crippen molar-refractivity contribution in [3.05, 3.63) is 35.9 Å². The number of hydrogen-bond donors (Lipinski definition) is 0. The summed E-state index contributed by atoms with van der Waals surface area (Å²) in [5, 5.41) is 22.2. The van der Waals surface area contributed by atoms with Crippen LogP contribution in [0, 0.1) is 11.3 Å². The fraction of sp³-hybridized carbons (Fsp3) is 0.385. The van der Waals surface area contributed by atoms with E-state index >= 15 is 0 Å². The predicted octanol–water partition coefficient (Wildman–Crippen LogP) is -0.0863. The maximum absolute atomic E-state index is 12.8. The second kappa shape index (κ2) is 5.52. The molecule has 0 heterocycles. The molecule has 1 atom stereocenters. The smallest absolute Gasteiger partial charge is 0.392 e. The van der Waals surface area contributed by atoms with E-state index in [1.807, 2.05) is 0 Å². The van der Waals surface area contributed by atoms with Gasteiger partial charge < -0.3 is 19.8 Å². The highest BCUT2D eigenvalue weighted by molar-refractivity contribution is 5.97. The van der Waals surface area contributed by atoms with Crippen LogP contribution in [-0.2, 0) is 16.0 Å². The Balaban J connectivity index is 3.34. The standard InChI is InChI=1S/C13H13F3O4/c1-8(13(14,15)16)12(10(17)18,11(19)20)7-9-5-3-2-4-6-9/h2-6,8H,7H2,1H3,(H,17,18)(H,19,20)/p-2. The second-order valence-corrected chi connectivity index (χ2v) is 4.47. The van der Waals surface area contributed by atoms with Crippen molar-refractivity contribution in [1.29, 1.82) is 0 Å². The van der Waals surface area contributed by atoms with Crippen molar-refractivity contribution in [2.24, 2.45) is 11.3 Å². The maximum Gasteiger partial charge on any atom is 0.392 e. The van der Waals surface area contributed by atoms with Crippen LogP contribution in [0.2, 0.25) is 0 Å². The Kier molecular flexibility index (Phi) is 4.42. The molecule has 1 aromatic rings. The molecule has 1 unspecified atom stereocenters. The number of alkyl halides is 3. The molecule has 0 fully saturated rings. The van der Waals surface area contributed by atoms with Crippen molar-refractivity contribution in [3.8, 4) is 0 Å². The van der Waals surface area contributed by atoms with Gasteiger partial charge in [-0.3, -0.25) is 0 Å². The number of rotatable bonds is 5. The van der Waals surface area contributed by atoms with Crippen LogP contribution >= 0.6 is 0 Å². The number of benzene rings is 1. The highest BCUT2D eigenvalue weighted by atomic mass is 19.4. The van der Waals surface area contributed by atoms with Crippen molar-refractivity contribution in [3.63, 3.8) is 0 Å².